The zero-order chi connectivity index (χ0) is 29.4. The molecule has 0 fully saturated rings. The van der Waals surface area contributed by atoms with Gasteiger partial charge in [-0.2, -0.15) is 0 Å². The van der Waals surface area contributed by atoms with Gasteiger partial charge in [-0.05, 0) is 12.8 Å². The van der Waals surface area contributed by atoms with E-state index in [0.717, 1.165) is 39.5 Å². The van der Waals surface area contributed by atoms with Gasteiger partial charge in [0.2, 0.25) is 11.8 Å². The number of carbonyl (C=O) groups is 4. The summed E-state index contributed by atoms with van der Waals surface area (Å²) in [5, 5.41) is 14.8. The molecular weight excluding hydrogens is 484 g/mol. The number of nitrogens with two attached hydrogens (primary N) is 1. The summed E-state index contributed by atoms with van der Waals surface area (Å²) in [4.78, 5) is 44.4. The molecule has 0 atom stereocenters. The summed E-state index contributed by atoms with van der Waals surface area (Å²) in [7, 11) is 0. The predicted octanol–water partition coefficient (Wildman–Crippen LogP) is 7.32. The minimum Gasteiger partial charge on any atom is -0.481 e. The topological polar surface area (TPSA) is 138 Å². The Labute approximate surface area is 233 Å². The van der Waals surface area contributed by atoms with Crippen molar-refractivity contribution < 1.29 is 29.4 Å². The molecule has 0 aromatic rings. The Morgan fingerprint density at radius 3 is 1.00 bits per heavy atom. The summed E-state index contributed by atoms with van der Waals surface area (Å²) in [6, 6.07) is 0. The van der Waals surface area contributed by atoms with Gasteiger partial charge in [-0.1, -0.05) is 117 Å². The fourth-order valence-corrected chi connectivity index (χ4v) is 3.96. The van der Waals surface area contributed by atoms with E-state index in [1.807, 2.05) is 0 Å². The van der Waals surface area contributed by atoms with E-state index in [9.17, 15) is 9.59 Å². The number of nitrogens with zero attached hydrogens (tertiary/aromatic N) is 1. The molecule has 38 heavy (non-hydrogen) atoms. The van der Waals surface area contributed by atoms with E-state index in [2.05, 4.69) is 13.8 Å². The minimum absolute atomic E-state index is 0.0238. The van der Waals surface area contributed by atoms with Crippen LogP contribution in [0.2, 0.25) is 0 Å². The van der Waals surface area contributed by atoms with Gasteiger partial charge in [0.1, 0.15) is 0 Å². The highest BCUT2D eigenvalue weighted by molar-refractivity contribution is 5.95. The summed E-state index contributed by atoms with van der Waals surface area (Å²) in [5.41, 5.74) is 5.65. The maximum atomic E-state index is 12.5. The van der Waals surface area contributed by atoms with Gasteiger partial charge in [0, 0.05) is 39.8 Å². The van der Waals surface area contributed by atoms with Gasteiger partial charge in [0.05, 0.1) is 0 Å². The molecule has 0 bridgehead atoms. The smallest absolute Gasteiger partial charge is 0.300 e. The van der Waals surface area contributed by atoms with E-state index in [0.29, 0.717) is 25.9 Å². The Kier molecular flexibility index (Phi) is 35.3. The number of amides is 2. The van der Waals surface area contributed by atoms with Crippen LogP contribution in [-0.2, 0) is 19.2 Å². The first-order valence-corrected chi connectivity index (χ1v) is 15.1. The lowest BCUT2D eigenvalue weighted by molar-refractivity contribution is -0.145. The molecule has 226 valence electrons. The molecule has 0 saturated heterocycles. The number of carboxylic acids is 2. The molecule has 8 nitrogen and oxygen atoms in total. The maximum absolute atomic E-state index is 12.5. The van der Waals surface area contributed by atoms with Crippen LogP contribution in [0.3, 0.4) is 0 Å². The highest BCUT2D eigenvalue weighted by Gasteiger charge is 2.19. The lowest BCUT2D eigenvalue weighted by atomic mass is 10.1. The third-order valence-electron chi connectivity index (χ3n) is 5.94. The van der Waals surface area contributed by atoms with E-state index >= 15 is 0 Å². The highest BCUT2D eigenvalue weighted by Crippen LogP contribution is 2.13. The fraction of sp³-hybridized carbons (Fsp3) is 0.867. The van der Waals surface area contributed by atoms with Crippen LogP contribution in [0.5, 0.6) is 0 Å². The van der Waals surface area contributed by atoms with Crippen molar-refractivity contribution in [3.63, 3.8) is 0 Å². The molecule has 0 heterocycles. The number of unbranched alkanes of at least 4 members (excludes halogenated alkanes) is 16. The number of hydrogen-bond donors (Lipinski definition) is 3. The van der Waals surface area contributed by atoms with Crippen molar-refractivity contribution in [3.05, 3.63) is 0 Å². The summed E-state index contributed by atoms with van der Waals surface area (Å²) in [5.74, 6) is -1.71. The molecular formula is C30H60N2O6. The second-order valence-electron chi connectivity index (χ2n) is 9.92. The van der Waals surface area contributed by atoms with Crippen molar-refractivity contribution in [3.8, 4) is 0 Å². The summed E-state index contributed by atoms with van der Waals surface area (Å²) < 4.78 is 0. The zero-order valence-corrected chi connectivity index (χ0v) is 25.1. The first-order valence-electron chi connectivity index (χ1n) is 15.1. The van der Waals surface area contributed by atoms with Gasteiger partial charge in [0.25, 0.3) is 11.9 Å². The van der Waals surface area contributed by atoms with Crippen molar-refractivity contribution >= 4 is 23.8 Å². The van der Waals surface area contributed by atoms with E-state index in [4.69, 9.17) is 25.5 Å². The number of imide groups is 1. The van der Waals surface area contributed by atoms with Crippen LogP contribution in [0, 0.1) is 0 Å². The Morgan fingerprint density at radius 1 is 0.526 bits per heavy atom. The lowest BCUT2D eigenvalue weighted by Gasteiger charge is -2.20. The average Bonchev–Trinajstić information content (AvgIpc) is 2.84. The monoisotopic (exact) mass is 544 g/mol. The quantitative estimate of drug-likeness (QED) is 0.121. The van der Waals surface area contributed by atoms with Crippen LogP contribution in [0.4, 0.5) is 0 Å². The predicted molar refractivity (Wildman–Crippen MR) is 156 cm³/mol. The van der Waals surface area contributed by atoms with Gasteiger partial charge >= 0.3 is 0 Å². The molecule has 0 radical (unpaired) electrons. The van der Waals surface area contributed by atoms with Crippen molar-refractivity contribution in [2.75, 3.05) is 13.1 Å². The van der Waals surface area contributed by atoms with Gasteiger partial charge in [-0.3, -0.25) is 24.1 Å². The van der Waals surface area contributed by atoms with E-state index in [1.165, 1.54) is 94.8 Å². The van der Waals surface area contributed by atoms with Crippen molar-refractivity contribution in [2.45, 2.75) is 156 Å². The number of hydrogen-bond acceptors (Lipinski definition) is 5. The van der Waals surface area contributed by atoms with Crippen LogP contribution in [0.1, 0.15) is 156 Å². The van der Waals surface area contributed by atoms with Crippen molar-refractivity contribution in [2.24, 2.45) is 5.73 Å². The summed E-state index contributed by atoms with van der Waals surface area (Å²) >= 11 is 0. The van der Waals surface area contributed by atoms with E-state index in [-0.39, 0.29) is 11.8 Å². The number of carboxylic acid groups (broad SMARTS) is 2. The number of aliphatic carboxylic acids is 2. The third kappa shape index (κ3) is 38.6. The van der Waals surface area contributed by atoms with Crippen LogP contribution >= 0.6 is 0 Å². The molecule has 0 aromatic carbocycles. The second-order valence-corrected chi connectivity index (χ2v) is 9.92. The molecule has 0 aliphatic rings. The van der Waals surface area contributed by atoms with Gasteiger partial charge in [0.15, 0.2) is 0 Å². The first kappa shape index (κ1) is 40.5. The Bertz CT molecular complexity index is 515. The van der Waals surface area contributed by atoms with Gasteiger partial charge < -0.3 is 15.9 Å². The minimum atomic E-state index is -0.833. The molecule has 0 aliphatic heterocycles. The molecule has 0 spiro atoms. The standard InChI is InChI=1S/C26H52N2O2.2C2H4O2/c1-3-5-7-9-11-13-15-17-19-21-25(29)28(24-23-27)26(30)22-20-18-16-14-12-10-8-6-4-2;2*1-2(3)4/h3-24,27H2,1-2H3;2*1H3,(H,3,4). The molecule has 0 aromatic heterocycles. The zero-order valence-electron chi connectivity index (χ0n) is 25.1. The number of rotatable bonds is 22. The SMILES string of the molecule is CC(=O)O.CC(=O)O.CCCCCCCCCCCC(=O)N(CCN)C(=O)CCCCCCCCCCC. The third-order valence-corrected chi connectivity index (χ3v) is 5.94. The molecule has 4 N–H and O–H groups in total. The molecule has 8 heteroatoms. The summed E-state index contributed by atoms with van der Waals surface area (Å²) in [6.07, 6.45) is 23.1. The fourth-order valence-electron chi connectivity index (χ4n) is 3.96. The first-order chi connectivity index (χ1) is 18.1. The molecule has 2 amide bonds. The van der Waals surface area contributed by atoms with Gasteiger partial charge in [-0.25, -0.2) is 0 Å². The molecule has 0 rings (SSSR count). The molecule has 0 unspecified atom stereocenters. The van der Waals surface area contributed by atoms with Crippen molar-refractivity contribution in [1.82, 2.24) is 4.90 Å². The van der Waals surface area contributed by atoms with Crippen LogP contribution in [-0.4, -0.2) is 52.0 Å². The maximum Gasteiger partial charge on any atom is 0.300 e. The molecule has 0 aliphatic carbocycles. The van der Waals surface area contributed by atoms with Crippen molar-refractivity contribution in [1.29, 1.82) is 0 Å². The lowest BCUT2D eigenvalue weighted by Crippen LogP contribution is -2.40. The Balaban J connectivity index is -0.00000133. The average molecular weight is 545 g/mol. The second kappa shape index (κ2) is 33.1. The normalized spacial score (nSPS) is 10.0. The highest BCUT2D eigenvalue weighted by atomic mass is 16.4. The molecule has 0 saturated carbocycles. The van der Waals surface area contributed by atoms with E-state index in [1.54, 1.807) is 0 Å². The van der Waals surface area contributed by atoms with Crippen LogP contribution in [0.25, 0.3) is 0 Å². The number of carbonyl (C=O) groups excluding carboxylic acids is 2. The van der Waals surface area contributed by atoms with Gasteiger partial charge in [-0.15, -0.1) is 0 Å². The Hall–Kier alpha value is -1.96. The van der Waals surface area contributed by atoms with Crippen LogP contribution in [0.15, 0.2) is 0 Å². The van der Waals surface area contributed by atoms with E-state index < -0.39 is 11.9 Å². The summed E-state index contributed by atoms with van der Waals surface area (Å²) in [6.45, 7) is 7.37. The Morgan fingerprint density at radius 2 is 0.763 bits per heavy atom. The van der Waals surface area contributed by atoms with Crippen LogP contribution < -0.4 is 5.73 Å². The largest absolute Gasteiger partial charge is 0.481 e.